The molecule has 13 heavy (non-hydrogen) atoms. The maximum Gasteiger partial charge on any atom is 0.148 e. The molecular weight excluding hydrogens is 185 g/mol. The highest BCUT2D eigenvalue weighted by Crippen LogP contribution is 2.26. The van der Waals surface area contributed by atoms with Crippen molar-refractivity contribution in [3.8, 4) is 0 Å². The van der Waals surface area contributed by atoms with Gasteiger partial charge in [-0.3, -0.25) is 0 Å². The fourth-order valence-electron chi connectivity index (χ4n) is 1.03. The Balaban J connectivity index is 2.75. The second-order valence-corrected chi connectivity index (χ2v) is 5.14. The minimum atomic E-state index is -1.30. The molecule has 0 fully saturated rings. The highest BCUT2D eigenvalue weighted by Gasteiger charge is 2.22. The zero-order valence-corrected chi connectivity index (χ0v) is 9.41. The van der Waals surface area contributed by atoms with Crippen molar-refractivity contribution in [1.29, 1.82) is 0 Å². The van der Waals surface area contributed by atoms with Gasteiger partial charge in [0.2, 0.25) is 0 Å². The van der Waals surface area contributed by atoms with Crippen molar-refractivity contribution in [1.82, 2.24) is 4.98 Å². The van der Waals surface area contributed by atoms with Crippen molar-refractivity contribution < 1.29 is 4.39 Å². The second kappa shape index (κ2) is 3.74. The summed E-state index contributed by atoms with van der Waals surface area (Å²) in [4.78, 5) is 4.27. The van der Waals surface area contributed by atoms with Crippen LogP contribution >= 0.6 is 11.3 Å². The lowest BCUT2D eigenvalue weighted by Crippen LogP contribution is -2.09. The number of thiazole rings is 1. The van der Waals surface area contributed by atoms with Crippen molar-refractivity contribution in [2.45, 2.75) is 39.8 Å². The van der Waals surface area contributed by atoms with E-state index in [4.69, 9.17) is 0 Å². The Morgan fingerprint density at radius 3 is 2.54 bits per heavy atom. The lowest BCUT2D eigenvalue weighted by Gasteiger charge is -2.09. The molecule has 1 rings (SSSR count). The Morgan fingerprint density at radius 1 is 1.54 bits per heavy atom. The van der Waals surface area contributed by atoms with Crippen LogP contribution in [0.15, 0.2) is 5.38 Å². The third kappa shape index (κ3) is 3.07. The number of hydrogen-bond acceptors (Lipinski definition) is 2. The minimum absolute atomic E-state index is 0.563. The molecule has 0 aliphatic rings. The molecule has 0 aliphatic carbocycles. The number of rotatable bonds is 3. The van der Waals surface area contributed by atoms with E-state index in [0.717, 1.165) is 11.4 Å². The van der Waals surface area contributed by atoms with Gasteiger partial charge in [0, 0.05) is 11.8 Å². The van der Waals surface area contributed by atoms with Gasteiger partial charge in [-0.15, -0.1) is 11.3 Å². The van der Waals surface area contributed by atoms with Crippen LogP contribution in [0.25, 0.3) is 0 Å². The van der Waals surface area contributed by atoms with Crippen LogP contribution in [0.1, 0.15) is 38.4 Å². The van der Waals surface area contributed by atoms with Gasteiger partial charge in [-0.2, -0.15) is 0 Å². The normalized spacial score (nSPS) is 12.5. The molecule has 0 saturated carbocycles. The summed E-state index contributed by atoms with van der Waals surface area (Å²) >= 11 is 1.55. The zero-order valence-electron chi connectivity index (χ0n) is 8.60. The van der Waals surface area contributed by atoms with E-state index in [1.165, 1.54) is 0 Å². The van der Waals surface area contributed by atoms with Crippen LogP contribution < -0.4 is 0 Å². The molecule has 1 aromatic heterocycles. The molecule has 0 saturated heterocycles. The summed E-state index contributed by atoms with van der Waals surface area (Å²) in [7, 11) is 0. The van der Waals surface area contributed by atoms with Crippen molar-refractivity contribution >= 4 is 11.3 Å². The number of alkyl halides is 1. The van der Waals surface area contributed by atoms with Gasteiger partial charge in [0.25, 0.3) is 0 Å². The molecule has 1 nitrogen and oxygen atoms in total. The van der Waals surface area contributed by atoms with E-state index in [0.29, 0.717) is 11.6 Å². The summed E-state index contributed by atoms with van der Waals surface area (Å²) < 4.78 is 13.4. The Hall–Kier alpha value is -0.440. The molecule has 0 aromatic carbocycles. The van der Waals surface area contributed by atoms with Crippen molar-refractivity contribution in [3.63, 3.8) is 0 Å². The average Bonchev–Trinajstić information content (AvgIpc) is 2.32. The van der Waals surface area contributed by atoms with Crippen LogP contribution in [0, 0.1) is 5.92 Å². The van der Waals surface area contributed by atoms with Crippen LogP contribution in [0.3, 0.4) is 0 Å². The highest BCUT2D eigenvalue weighted by atomic mass is 32.1. The van der Waals surface area contributed by atoms with E-state index in [9.17, 15) is 4.39 Å². The molecule has 0 atom stereocenters. The van der Waals surface area contributed by atoms with E-state index < -0.39 is 5.67 Å². The summed E-state index contributed by atoms with van der Waals surface area (Å²) in [6.07, 6.45) is 0.945. The van der Waals surface area contributed by atoms with Crippen LogP contribution in [0.2, 0.25) is 0 Å². The summed E-state index contributed by atoms with van der Waals surface area (Å²) in [5.41, 5.74) is -0.737. The number of aromatic nitrogens is 1. The van der Waals surface area contributed by atoms with Crippen LogP contribution in [-0.2, 0) is 12.1 Å². The third-order valence-corrected chi connectivity index (χ3v) is 2.61. The topological polar surface area (TPSA) is 12.9 Å². The fourth-order valence-corrected chi connectivity index (χ4v) is 2.19. The first-order chi connectivity index (χ1) is 5.89. The van der Waals surface area contributed by atoms with Crippen LogP contribution in [0.4, 0.5) is 4.39 Å². The maximum atomic E-state index is 13.4. The van der Waals surface area contributed by atoms with E-state index >= 15 is 0 Å². The number of hydrogen-bond donors (Lipinski definition) is 0. The summed E-state index contributed by atoms with van der Waals surface area (Å²) in [6.45, 7) is 7.37. The van der Waals surface area contributed by atoms with Crippen molar-refractivity contribution in [2.24, 2.45) is 5.92 Å². The fraction of sp³-hybridized carbons (Fsp3) is 0.700. The first kappa shape index (κ1) is 10.6. The highest BCUT2D eigenvalue weighted by molar-refractivity contribution is 7.09. The molecule has 0 amide bonds. The van der Waals surface area contributed by atoms with Gasteiger partial charge in [-0.1, -0.05) is 13.8 Å². The molecule has 74 valence electrons. The van der Waals surface area contributed by atoms with Gasteiger partial charge in [-0.05, 0) is 19.8 Å². The number of nitrogens with zero attached hydrogens (tertiary/aromatic N) is 1. The summed E-state index contributed by atoms with van der Waals surface area (Å²) in [5, 5.41) is 2.85. The predicted molar refractivity (Wildman–Crippen MR) is 54.8 cm³/mol. The quantitative estimate of drug-likeness (QED) is 0.729. The SMILES string of the molecule is CC(C)Cc1nc(C(C)(C)F)cs1. The monoisotopic (exact) mass is 201 g/mol. The lowest BCUT2D eigenvalue weighted by atomic mass is 10.1. The molecular formula is C10H16FNS. The molecule has 0 aliphatic heterocycles. The van der Waals surface area contributed by atoms with E-state index in [1.54, 1.807) is 25.2 Å². The molecule has 0 unspecified atom stereocenters. The average molecular weight is 201 g/mol. The maximum absolute atomic E-state index is 13.4. The lowest BCUT2D eigenvalue weighted by molar-refractivity contribution is 0.215. The Kier molecular flexibility index (Phi) is 3.06. The molecule has 0 spiro atoms. The molecule has 0 radical (unpaired) electrons. The second-order valence-electron chi connectivity index (χ2n) is 4.20. The Bertz CT molecular complexity index is 273. The number of halogens is 1. The predicted octanol–water partition coefficient (Wildman–Crippen LogP) is 3.55. The molecule has 0 N–H and O–H groups in total. The van der Waals surface area contributed by atoms with Crippen molar-refractivity contribution in [2.75, 3.05) is 0 Å². The summed E-state index contributed by atoms with van der Waals surface area (Å²) in [5.74, 6) is 0.585. The van der Waals surface area contributed by atoms with Crippen LogP contribution in [0.5, 0.6) is 0 Å². The van der Waals surface area contributed by atoms with Crippen LogP contribution in [-0.4, -0.2) is 4.98 Å². The van der Waals surface area contributed by atoms with Crippen molar-refractivity contribution in [3.05, 3.63) is 16.1 Å². The largest absolute Gasteiger partial charge is 0.243 e. The van der Waals surface area contributed by atoms with Gasteiger partial charge in [0.1, 0.15) is 5.67 Å². The zero-order chi connectivity index (χ0) is 10.1. The van der Waals surface area contributed by atoms with Gasteiger partial charge in [-0.25, -0.2) is 9.37 Å². The molecule has 3 heteroatoms. The summed E-state index contributed by atoms with van der Waals surface area (Å²) in [6, 6.07) is 0. The molecule has 0 bridgehead atoms. The first-order valence-electron chi connectivity index (χ1n) is 4.53. The van der Waals surface area contributed by atoms with Gasteiger partial charge >= 0.3 is 0 Å². The van der Waals surface area contributed by atoms with Gasteiger partial charge in [0.15, 0.2) is 0 Å². The standard InChI is InChI=1S/C10H16FNS/c1-7(2)5-9-12-8(6-13-9)10(3,4)11/h6-7H,5H2,1-4H3. The van der Waals surface area contributed by atoms with Gasteiger partial charge < -0.3 is 0 Å². The molecule has 1 heterocycles. The smallest absolute Gasteiger partial charge is 0.148 e. The Labute approximate surface area is 83.0 Å². The minimum Gasteiger partial charge on any atom is -0.243 e. The van der Waals surface area contributed by atoms with E-state index in [1.807, 2.05) is 5.38 Å². The van der Waals surface area contributed by atoms with E-state index in [-0.39, 0.29) is 0 Å². The van der Waals surface area contributed by atoms with Gasteiger partial charge in [0.05, 0.1) is 10.7 Å². The van der Waals surface area contributed by atoms with E-state index in [2.05, 4.69) is 18.8 Å². The third-order valence-electron chi connectivity index (χ3n) is 1.74. The Morgan fingerprint density at radius 2 is 2.15 bits per heavy atom. The molecule has 1 aromatic rings. The first-order valence-corrected chi connectivity index (χ1v) is 5.41.